The molecule has 2 fully saturated rings. The van der Waals surface area contributed by atoms with Crippen molar-refractivity contribution in [2.75, 3.05) is 31.0 Å². The molecule has 1 aromatic heterocycles. The highest BCUT2D eigenvalue weighted by molar-refractivity contribution is 7.92. The quantitative estimate of drug-likeness (QED) is 0.405. The standard InChI is InChI=1S/C35H43N5O6S/c1-22(2)15-26-21-46-30-17-29(32-23(3)7-5-8-24(32)4)36-34(37-30)38-47(44,45)28-10-6-9-25(16-28)33(43)40(26)27-18-35(19-27)11-13-39(14-12-35)31(42)20-41/h5-10,16-17,22,26-27,41H,11-15,18-21H2,1-4H3,(H,36,37,38)/t26-/m1/s1. The lowest BCUT2D eigenvalue weighted by molar-refractivity contribution is -0.138. The van der Waals surface area contributed by atoms with Crippen LogP contribution in [0, 0.1) is 25.2 Å². The van der Waals surface area contributed by atoms with E-state index in [9.17, 15) is 23.1 Å². The summed E-state index contributed by atoms with van der Waals surface area (Å²) in [5, 5.41) is 9.31. The summed E-state index contributed by atoms with van der Waals surface area (Å²) in [5.74, 6) is -0.140. The molecule has 47 heavy (non-hydrogen) atoms. The van der Waals surface area contributed by atoms with E-state index in [-0.39, 0.29) is 64.1 Å². The second-order valence-electron chi connectivity index (χ2n) is 13.7. The largest absolute Gasteiger partial charge is 0.475 e. The van der Waals surface area contributed by atoms with Crippen molar-refractivity contribution < 1.29 is 27.9 Å². The number of ether oxygens (including phenoxy) is 1. The van der Waals surface area contributed by atoms with E-state index in [1.807, 2.05) is 36.9 Å². The second kappa shape index (κ2) is 12.9. The number of likely N-dealkylation sites (tertiary alicyclic amines) is 1. The van der Waals surface area contributed by atoms with Crippen molar-refractivity contribution in [3.63, 3.8) is 0 Å². The van der Waals surface area contributed by atoms with E-state index in [0.717, 1.165) is 42.4 Å². The summed E-state index contributed by atoms with van der Waals surface area (Å²) in [6, 6.07) is 13.4. The Labute approximate surface area is 276 Å². The predicted octanol–water partition coefficient (Wildman–Crippen LogP) is 4.57. The van der Waals surface area contributed by atoms with Gasteiger partial charge in [-0.05, 0) is 86.6 Å². The van der Waals surface area contributed by atoms with Gasteiger partial charge in [-0.3, -0.25) is 9.59 Å². The van der Waals surface area contributed by atoms with Crippen molar-refractivity contribution in [3.8, 4) is 17.1 Å². The number of aromatic nitrogens is 2. The van der Waals surface area contributed by atoms with Gasteiger partial charge in [-0.1, -0.05) is 38.1 Å². The van der Waals surface area contributed by atoms with Gasteiger partial charge in [0.2, 0.25) is 17.7 Å². The third kappa shape index (κ3) is 6.71. The molecular weight excluding hydrogens is 618 g/mol. The number of nitrogens with zero attached hydrogens (tertiary/aromatic N) is 4. The van der Waals surface area contributed by atoms with E-state index in [2.05, 4.69) is 28.5 Å². The van der Waals surface area contributed by atoms with Crippen LogP contribution in [0.15, 0.2) is 53.4 Å². The molecule has 2 amide bonds. The first-order valence-electron chi connectivity index (χ1n) is 16.3. The van der Waals surface area contributed by atoms with E-state index < -0.39 is 16.6 Å². The Morgan fingerprint density at radius 1 is 1.06 bits per heavy atom. The minimum atomic E-state index is -4.15. The van der Waals surface area contributed by atoms with Crippen LogP contribution in [0.25, 0.3) is 11.3 Å². The van der Waals surface area contributed by atoms with Gasteiger partial charge in [0.15, 0.2) is 0 Å². The number of aliphatic hydroxyl groups excluding tert-OH is 1. The Morgan fingerprint density at radius 3 is 2.40 bits per heavy atom. The number of hydrogen-bond donors (Lipinski definition) is 2. The molecule has 3 aliphatic rings. The summed E-state index contributed by atoms with van der Waals surface area (Å²) in [7, 11) is -4.15. The number of carbonyl (C=O) groups excluding carboxylic acids is 2. The number of anilines is 1. The molecular formula is C35H43N5O6S. The Hall–Kier alpha value is -4.03. The number of aryl methyl sites for hydroxylation is 2. The number of benzene rings is 2. The summed E-state index contributed by atoms with van der Waals surface area (Å²) < 4.78 is 36.2. The normalized spacial score (nSPS) is 20.8. The average molecular weight is 662 g/mol. The van der Waals surface area contributed by atoms with Crippen molar-refractivity contribution in [2.45, 2.75) is 76.8 Å². The fourth-order valence-electron chi connectivity index (χ4n) is 7.51. The lowest BCUT2D eigenvalue weighted by atomic mass is 9.59. The predicted molar refractivity (Wildman–Crippen MR) is 177 cm³/mol. The van der Waals surface area contributed by atoms with Gasteiger partial charge < -0.3 is 19.6 Å². The fraction of sp³-hybridized carbons (Fsp3) is 0.486. The van der Waals surface area contributed by atoms with Crippen molar-refractivity contribution >= 4 is 27.8 Å². The molecule has 11 nitrogen and oxygen atoms in total. The maximum atomic E-state index is 14.4. The van der Waals surface area contributed by atoms with Gasteiger partial charge in [-0.2, -0.15) is 4.98 Å². The lowest BCUT2D eigenvalue weighted by Crippen LogP contribution is -2.60. The van der Waals surface area contributed by atoms with Gasteiger partial charge in [-0.15, -0.1) is 0 Å². The van der Waals surface area contributed by atoms with Gasteiger partial charge in [0.05, 0.1) is 16.6 Å². The maximum absolute atomic E-state index is 14.4. The van der Waals surface area contributed by atoms with Gasteiger partial charge in [0, 0.05) is 36.3 Å². The van der Waals surface area contributed by atoms with Crippen LogP contribution < -0.4 is 9.46 Å². The lowest BCUT2D eigenvalue weighted by Gasteiger charge is -2.56. The molecule has 4 bridgehead atoms. The molecule has 0 radical (unpaired) electrons. The molecule has 1 saturated heterocycles. The first-order valence-corrected chi connectivity index (χ1v) is 17.8. The third-order valence-electron chi connectivity index (χ3n) is 9.89. The van der Waals surface area contributed by atoms with Crippen LogP contribution in [0.2, 0.25) is 0 Å². The molecule has 1 spiro atoms. The number of rotatable bonds is 5. The van der Waals surface area contributed by atoms with Crippen molar-refractivity contribution in [1.82, 2.24) is 19.8 Å². The molecule has 3 heterocycles. The zero-order valence-corrected chi connectivity index (χ0v) is 28.2. The molecule has 12 heteroatoms. The number of sulfonamides is 1. The van der Waals surface area contributed by atoms with E-state index in [0.29, 0.717) is 25.2 Å². The highest BCUT2D eigenvalue weighted by Gasteiger charge is 2.50. The molecule has 6 rings (SSSR count). The average Bonchev–Trinajstić information content (AvgIpc) is 3.02. The Kier molecular flexibility index (Phi) is 9.01. The highest BCUT2D eigenvalue weighted by atomic mass is 32.2. The third-order valence-corrected chi connectivity index (χ3v) is 11.2. The monoisotopic (exact) mass is 661 g/mol. The number of fused-ring (bicyclic) bond motifs is 4. The number of aliphatic hydroxyl groups is 1. The summed E-state index contributed by atoms with van der Waals surface area (Å²) >= 11 is 0. The first-order chi connectivity index (χ1) is 22.4. The van der Waals surface area contributed by atoms with Crippen LogP contribution in [0.4, 0.5) is 5.95 Å². The molecule has 2 N–H and O–H groups in total. The van der Waals surface area contributed by atoms with E-state index in [1.54, 1.807) is 23.1 Å². The topological polar surface area (TPSA) is 142 Å². The minimum Gasteiger partial charge on any atom is -0.475 e. The smallest absolute Gasteiger partial charge is 0.264 e. The molecule has 2 aliphatic heterocycles. The first kappa shape index (κ1) is 32.9. The van der Waals surface area contributed by atoms with Gasteiger partial charge >= 0.3 is 0 Å². The minimum absolute atomic E-state index is 0.0125. The SMILES string of the molecule is Cc1cccc(C)c1-c1cc2nc(n1)NS(=O)(=O)c1cccc(c1)C(=O)N(C1CC3(CCN(C(=O)CO)CC3)C1)[C@H](CC(C)C)CO2. The number of piperidine rings is 1. The number of carbonyl (C=O) groups is 2. The summed E-state index contributed by atoms with van der Waals surface area (Å²) in [4.78, 5) is 39.2. The molecule has 250 valence electrons. The Balaban J connectivity index is 1.39. The number of nitrogens with one attached hydrogen (secondary N) is 1. The van der Waals surface area contributed by atoms with Crippen molar-refractivity contribution in [2.24, 2.45) is 11.3 Å². The number of hydrogen-bond acceptors (Lipinski definition) is 8. The summed E-state index contributed by atoms with van der Waals surface area (Å²) in [6.07, 6.45) is 3.86. The zero-order chi connectivity index (χ0) is 33.5. The maximum Gasteiger partial charge on any atom is 0.264 e. The van der Waals surface area contributed by atoms with Crippen LogP contribution in [0.3, 0.4) is 0 Å². The van der Waals surface area contributed by atoms with E-state index in [4.69, 9.17) is 4.74 Å². The molecule has 3 aromatic rings. The highest BCUT2D eigenvalue weighted by Crippen LogP contribution is 2.52. The summed E-state index contributed by atoms with van der Waals surface area (Å²) in [5.41, 5.74) is 3.66. The van der Waals surface area contributed by atoms with Crippen LogP contribution in [-0.4, -0.2) is 83.5 Å². The molecule has 0 unspecified atom stereocenters. The summed E-state index contributed by atoms with van der Waals surface area (Å²) in [6.45, 7) is 9.03. The van der Waals surface area contributed by atoms with Crippen molar-refractivity contribution in [3.05, 3.63) is 65.2 Å². The van der Waals surface area contributed by atoms with Crippen LogP contribution in [0.1, 0.15) is 67.4 Å². The van der Waals surface area contributed by atoms with Crippen LogP contribution >= 0.6 is 0 Å². The molecule has 1 saturated carbocycles. The second-order valence-corrected chi connectivity index (χ2v) is 15.4. The van der Waals surface area contributed by atoms with E-state index >= 15 is 0 Å². The Morgan fingerprint density at radius 2 is 1.74 bits per heavy atom. The Bertz CT molecular complexity index is 1760. The van der Waals surface area contributed by atoms with Gasteiger partial charge in [0.25, 0.3) is 15.9 Å². The van der Waals surface area contributed by atoms with Gasteiger partial charge in [0.1, 0.15) is 13.2 Å². The van der Waals surface area contributed by atoms with Crippen molar-refractivity contribution in [1.29, 1.82) is 0 Å². The molecule has 2 aromatic carbocycles. The van der Waals surface area contributed by atoms with Crippen LogP contribution in [-0.2, 0) is 14.8 Å². The molecule has 1 atom stereocenters. The number of amides is 2. The van der Waals surface area contributed by atoms with E-state index in [1.165, 1.54) is 12.1 Å². The van der Waals surface area contributed by atoms with Crippen LogP contribution in [0.5, 0.6) is 5.88 Å². The fourth-order valence-corrected chi connectivity index (χ4v) is 8.50. The zero-order valence-electron chi connectivity index (χ0n) is 27.4. The van der Waals surface area contributed by atoms with Gasteiger partial charge in [-0.25, -0.2) is 18.1 Å². The molecule has 1 aliphatic carbocycles.